The number of anilines is 1. The van der Waals surface area contributed by atoms with Crippen molar-refractivity contribution in [3.05, 3.63) is 83.9 Å². The maximum atomic E-state index is 12.7. The summed E-state index contributed by atoms with van der Waals surface area (Å²) >= 11 is 0. The summed E-state index contributed by atoms with van der Waals surface area (Å²) in [6.45, 7) is 2.01. The lowest BCUT2D eigenvalue weighted by Gasteiger charge is -2.15. The minimum Gasteiger partial charge on any atom is -0.307 e. The van der Waals surface area contributed by atoms with Gasteiger partial charge in [0.2, 0.25) is 0 Å². The predicted molar refractivity (Wildman–Crippen MR) is 127 cm³/mol. The third kappa shape index (κ3) is 4.85. The van der Waals surface area contributed by atoms with E-state index in [1.54, 1.807) is 18.5 Å². The Morgan fingerprint density at radius 3 is 2.49 bits per heavy atom. The second-order valence-electron chi connectivity index (χ2n) is 8.74. The summed E-state index contributed by atoms with van der Waals surface area (Å²) in [4.78, 5) is 27.3. The van der Waals surface area contributed by atoms with Gasteiger partial charge < -0.3 is 10.2 Å². The molecule has 1 amide bonds. The molecule has 0 radical (unpaired) electrons. The zero-order valence-corrected chi connectivity index (χ0v) is 18.9. The third-order valence-electron chi connectivity index (χ3n) is 6.28. The zero-order chi connectivity index (χ0) is 24.6. The number of aromatic nitrogens is 3. The number of fused-ring (bicyclic) bond motifs is 1. The number of nitrogens with zero attached hydrogens (tertiary/aromatic N) is 4. The molecule has 1 fully saturated rings. The van der Waals surface area contributed by atoms with E-state index < -0.39 is 17.6 Å². The van der Waals surface area contributed by atoms with Gasteiger partial charge in [-0.25, -0.2) is 15.0 Å². The minimum atomic E-state index is -4.48. The topological polar surface area (TPSA) is 71.0 Å². The second kappa shape index (κ2) is 9.07. The van der Waals surface area contributed by atoms with E-state index in [9.17, 15) is 18.0 Å². The summed E-state index contributed by atoms with van der Waals surface area (Å²) in [6, 6.07) is 13.3. The van der Waals surface area contributed by atoms with Gasteiger partial charge >= 0.3 is 6.18 Å². The molecular formula is C26H22F3N5O. The monoisotopic (exact) mass is 477 g/mol. The van der Waals surface area contributed by atoms with Crippen LogP contribution in [-0.2, 0) is 6.18 Å². The van der Waals surface area contributed by atoms with E-state index in [4.69, 9.17) is 0 Å². The minimum absolute atomic E-state index is 0.0489. The predicted octanol–water partition coefficient (Wildman–Crippen LogP) is 5.38. The number of carbonyl (C=O) groups excluding carboxylic acids is 1. The van der Waals surface area contributed by atoms with Crippen molar-refractivity contribution < 1.29 is 18.0 Å². The van der Waals surface area contributed by atoms with Gasteiger partial charge in [0.05, 0.1) is 11.1 Å². The van der Waals surface area contributed by atoms with Crippen LogP contribution >= 0.6 is 0 Å². The Morgan fingerprint density at radius 2 is 1.83 bits per heavy atom. The summed E-state index contributed by atoms with van der Waals surface area (Å²) in [6.07, 6.45) is 0.668. The molecule has 178 valence electrons. The molecule has 0 saturated carbocycles. The summed E-state index contributed by atoms with van der Waals surface area (Å²) < 4.78 is 38.1. The molecule has 1 unspecified atom stereocenters. The Hall–Kier alpha value is -3.85. The summed E-state index contributed by atoms with van der Waals surface area (Å²) in [5.41, 5.74) is 3.60. The number of carbonyl (C=O) groups is 1. The fraction of sp³-hybridized carbons (Fsp3) is 0.231. The van der Waals surface area contributed by atoms with Crippen LogP contribution in [0.25, 0.3) is 22.0 Å². The Bertz CT molecular complexity index is 1370. The molecule has 0 bridgehead atoms. The number of hydrogen-bond donors (Lipinski definition) is 1. The quantitative estimate of drug-likeness (QED) is 0.427. The average Bonchev–Trinajstić information content (AvgIpc) is 3.29. The summed E-state index contributed by atoms with van der Waals surface area (Å²) in [5, 5.41) is 3.49. The van der Waals surface area contributed by atoms with Crippen molar-refractivity contribution in [2.45, 2.75) is 18.5 Å². The van der Waals surface area contributed by atoms with Crippen LogP contribution in [0.15, 0.2) is 67.3 Å². The van der Waals surface area contributed by atoms with Crippen molar-refractivity contribution in [3.63, 3.8) is 0 Å². The first-order valence-corrected chi connectivity index (χ1v) is 11.2. The molecule has 0 aliphatic carbocycles. The van der Waals surface area contributed by atoms with Gasteiger partial charge in [0, 0.05) is 29.9 Å². The van der Waals surface area contributed by atoms with E-state index in [-0.39, 0.29) is 5.82 Å². The number of hydrogen-bond acceptors (Lipinski definition) is 5. The van der Waals surface area contributed by atoms with Crippen molar-refractivity contribution >= 4 is 22.6 Å². The highest BCUT2D eigenvalue weighted by molar-refractivity contribution is 6.04. The van der Waals surface area contributed by atoms with Crippen LogP contribution in [0.4, 0.5) is 19.0 Å². The Balaban J connectivity index is 1.38. The van der Waals surface area contributed by atoms with Crippen LogP contribution < -0.4 is 5.32 Å². The van der Waals surface area contributed by atoms with Crippen LogP contribution in [0.5, 0.6) is 0 Å². The van der Waals surface area contributed by atoms with E-state index >= 15 is 0 Å². The molecule has 4 aromatic rings. The average molecular weight is 477 g/mol. The fourth-order valence-corrected chi connectivity index (χ4v) is 4.44. The number of nitrogens with one attached hydrogen (secondary N) is 1. The lowest BCUT2D eigenvalue weighted by atomic mass is 9.91. The van der Waals surface area contributed by atoms with Gasteiger partial charge in [-0.2, -0.15) is 13.2 Å². The van der Waals surface area contributed by atoms with Crippen LogP contribution in [0.3, 0.4) is 0 Å². The molecule has 1 saturated heterocycles. The second-order valence-corrected chi connectivity index (χ2v) is 8.74. The van der Waals surface area contributed by atoms with Gasteiger partial charge in [-0.3, -0.25) is 4.79 Å². The van der Waals surface area contributed by atoms with Crippen molar-refractivity contribution in [1.29, 1.82) is 0 Å². The molecule has 9 heteroatoms. The SMILES string of the molecule is CN1CCC(c2cc(-c3ccc(C(=O)Nc4ccc(C(F)(F)F)cn4)cc3)cc3cncnc23)C1. The molecule has 2 aromatic carbocycles. The lowest BCUT2D eigenvalue weighted by Crippen LogP contribution is -2.14. The van der Waals surface area contributed by atoms with Crippen LogP contribution in [0, 0.1) is 0 Å². The number of pyridine rings is 1. The molecule has 3 heterocycles. The van der Waals surface area contributed by atoms with Gasteiger partial charge in [0.15, 0.2) is 0 Å². The molecule has 0 spiro atoms. The van der Waals surface area contributed by atoms with E-state index in [1.165, 1.54) is 5.56 Å². The molecule has 1 aliphatic rings. The Morgan fingerprint density at radius 1 is 1.03 bits per heavy atom. The zero-order valence-electron chi connectivity index (χ0n) is 18.9. The number of likely N-dealkylation sites (tertiary alicyclic amines) is 1. The van der Waals surface area contributed by atoms with Gasteiger partial charge in [-0.15, -0.1) is 0 Å². The molecule has 1 aliphatic heterocycles. The molecule has 1 N–H and O–H groups in total. The molecule has 1 atom stereocenters. The maximum Gasteiger partial charge on any atom is 0.417 e. The molecule has 2 aromatic heterocycles. The van der Waals surface area contributed by atoms with Crippen molar-refractivity contribution in [2.24, 2.45) is 0 Å². The van der Waals surface area contributed by atoms with E-state index in [2.05, 4.69) is 38.3 Å². The highest BCUT2D eigenvalue weighted by atomic mass is 19.4. The van der Waals surface area contributed by atoms with Crippen LogP contribution in [0.2, 0.25) is 0 Å². The molecule has 6 nitrogen and oxygen atoms in total. The smallest absolute Gasteiger partial charge is 0.307 e. The summed E-state index contributed by atoms with van der Waals surface area (Å²) in [7, 11) is 2.12. The molecule has 5 rings (SSSR count). The van der Waals surface area contributed by atoms with Crippen molar-refractivity contribution in [3.8, 4) is 11.1 Å². The number of rotatable bonds is 4. The van der Waals surface area contributed by atoms with E-state index in [0.29, 0.717) is 17.7 Å². The molecular weight excluding hydrogens is 455 g/mol. The first-order valence-electron chi connectivity index (χ1n) is 11.2. The Labute approximate surface area is 199 Å². The number of benzene rings is 2. The normalized spacial score (nSPS) is 16.5. The van der Waals surface area contributed by atoms with Gasteiger partial charge in [0.25, 0.3) is 5.91 Å². The number of amides is 1. The maximum absolute atomic E-state index is 12.7. The van der Waals surface area contributed by atoms with Gasteiger partial charge in [0.1, 0.15) is 12.1 Å². The summed E-state index contributed by atoms with van der Waals surface area (Å²) in [5.74, 6) is -0.0168. The van der Waals surface area contributed by atoms with Crippen LogP contribution in [-0.4, -0.2) is 45.9 Å². The van der Waals surface area contributed by atoms with Gasteiger partial charge in [-0.1, -0.05) is 12.1 Å². The van der Waals surface area contributed by atoms with E-state index in [1.807, 2.05) is 24.4 Å². The van der Waals surface area contributed by atoms with Crippen LogP contribution in [0.1, 0.15) is 33.8 Å². The largest absolute Gasteiger partial charge is 0.417 e. The first kappa shape index (κ1) is 22.9. The van der Waals surface area contributed by atoms with Crippen molar-refractivity contribution in [1.82, 2.24) is 19.9 Å². The highest BCUT2D eigenvalue weighted by Crippen LogP contribution is 2.35. The number of alkyl halides is 3. The lowest BCUT2D eigenvalue weighted by molar-refractivity contribution is -0.137. The first-order chi connectivity index (χ1) is 16.8. The van der Waals surface area contributed by atoms with Crippen molar-refractivity contribution in [2.75, 3.05) is 25.5 Å². The standard InChI is InChI=1S/C26H22F3N5O/c1-34-9-8-18(14-34)22-11-19(10-20-12-30-15-32-24(20)22)16-2-4-17(5-3-16)25(35)33-23-7-6-21(13-31-23)26(27,28)29/h2-7,10-13,15,18H,8-9,14H2,1H3,(H,31,33,35). The molecule has 35 heavy (non-hydrogen) atoms. The fourth-order valence-electron chi connectivity index (χ4n) is 4.44. The Kier molecular flexibility index (Phi) is 5.94. The van der Waals surface area contributed by atoms with E-state index in [0.717, 1.165) is 53.7 Å². The number of halogens is 3. The number of likely N-dealkylation sites (N-methyl/N-ethyl adjacent to an activating group) is 1. The van der Waals surface area contributed by atoms with Gasteiger partial charge in [-0.05, 0) is 79.0 Å². The third-order valence-corrected chi connectivity index (χ3v) is 6.28. The highest BCUT2D eigenvalue weighted by Gasteiger charge is 2.30.